The molecule has 0 saturated heterocycles. The molecule has 0 saturated carbocycles. The molecule has 1 amide bonds. The van der Waals surface area contributed by atoms with Gasteiger partial charge in [-0.3, -0.25) is 9.59 Å². The number of carbonyl (C=O) groups is 1. The number of nitrogens with zero attached hydrogens (tertiary/aromatic N) is 1. The minimum Gasteiger partial charge on any atom is -0.319 e. The van der Waals surface area contributed by atoms with Gasteiger partial charge in [0.2, 0.25) is 0 Å². The molecule has 1 aromatic carbocycles. The lowest BCUT2D eigenvalue weighted by Crippen LogP contribution is -2.25. The Labute approximate surface area is 131 Å². The van der Waals surface area contributed by atoms with E-state index >= 15 is 0 Å². The van der Waals surface area contributed by atoms with Crippen LogP contribution in [-0.4, -0.2) is 15.9 Å². The van der Waals surface area contributed by atoms with E-state index in [1.807, 2.05) is 20.8 Å². The number of aromatic amines is 1. The number of rotatable bonds is 2. The third kappa shape index (κ3) is 3.71. The molecule has 0 aliphatic heterocycles. The SMILES string of the molecule is CC(C)(C)c1cc(=O)[nH]c(C(=O)Nc2ccc(F)c(Cl)c2)n1. The average Bonchev–Trinajstić information content (AvgIpc) is 2.41. The van der Waals surface area contributed by atoms with Crippen LogP contribution in [-0.2, 0) is 5.41 Å². The van der Waals surface area contributed by atoms with E-state index in [1.54, 1.807) is 0 Å². The minimum absolute atomic E-state index is 0.109. The Kier molecular flexibility index (Phi) is 4.32. The van der Waals surface area contributed by atoms with Crippen molar-refractivity contribution in [3.8, 4) is 0 Å². The monoisotopic (exact) mass is 323 g/mol. The molecule has 0 aliphatic rings. The molecule has 0 bridgehead atoms. The van der Waals surface area contributed by atoms with Crippen LogP contribution >= 0.6 is 11.6 Å². The molecule has 0 fully saturated rings. The van der Waals surface area contributed by atoms with Gasteiger partial charge >= 0.3 is 0 Å². The fraction of sp³-hybridized carbons (Fsp3) is 0.267. The van der Waals surface area contributed by atoms with E-state index in [2.05, 4.69) is 15.3 Å². The maximum absolute atomic E-state index is 13.1. The first-order chi connectivity index (χ1) is 10.2. The van der Waals surface area contributed by atoms with Crippen molar-refractivity contribution in [1.29, 1.82) is 0 Å². The Morgan fingerprint density at radius 3 is 2.59 bits per heavy atom. The maximum atomic E-state index is 13.1. The van der Waals surface area contributed by atoms with E-state index < -0.39 is 17.3 Å². The molecule has 2 rings (SSSR count). The molecule has 2 N–H and O–H groups in total. The van der Waals surface area contributed by atoms with Crippen LogP contribution in [0.5, 0.6) is 0 Å². The number of hydrogen-bond donors (Lipinski definition) is 2. The van der Waals surface area contributed by atoms with Gasteiger partial charge in [0.15, 0.2) is 5.82 Å². The highest BCUT2D eigenvalue weighted by Gasteiger charge is 2.19. The molecule has 22 heavy (non-hydrogen) atoms. The molecule has 0 unspecified atom stereocenters. The highest BCUT2D eigenvalue weighted by molar-refractivity contribution is 6.31. The van der Waals surface area contributed by atoms with Gasteiger partial charge in [-0.05, 0) is 18.2 Å². The van der Waals surface area contributed by atoms with Gasteiger partial charge in [-0.1, -0.05) is 32.4 Å². The molecule has 5 nitrogen and oxygen atoms in total. The summed E-state index contributed by atoms with van der Waals surface area (Å²) < 4.78 is 13.1. The molecule has 0 atom stereocenters. The number of nitrogens with one attached hydrogen (secondary N) is 2. The highest BCUT2D eigenvalue weighted by Crippen LogP contribution is 2.20. The van der Waals surface area contributed by atoms with E-state index in [9.17, 15) is 14.0 Å². The fourth-order valence-electron chi connectivity index (χ4n) is 1.71. The first-order valence-electron chi connectivity index (χ1n) is 6.55. The summed E-state index contributed by atoms with van der Waals surface area (Å²) in [5.41, 5.74) is 0.0172. The Hall–Kier alpha value is -2.21. The Morgan fingerprint density at radius 1 is 1.32 bits per heavy atom. The van der Waals surface area contributed by atoms with E-state index in [0.29, 0.717) is 11.4 Å². The van der Waals surface area contributed by atoms with Gasteiger partial charge in [-0.25, -0.2) is 9.37 Å². The van der Waals surface area contributed by atoms with Crippen LogP contribution in [0, 0.1) is 5.82 Å². The third-order valence-electron chi connectivity index (χ3n) is 2.90. The van der Waals surface area contributed by atoms with Crippen molar-refractivity contribution < 1.29 is 9.18 Å². The molecule has 0 radical (unpaired) electrons. The van der Waals surface area contributed by atoms with Gasteiger partial charge in [0, 0.05) is 17.2 Å². The van der Waals surface area contributed by atoms with Crippen molar-refractivity contribution in [2.75, 3.05) is 5.32 Å². The first kappa shape index (κ1) is 16.2. The van der Waals surface area contributed by atoms with Crippen molar-refractivity contribution in [2.24, 2.45) is 0 Å². The number of hydrogen-bond acceptors (Lipinski definition) is 3. The smallest absolute Gasteiger partial charge is 0.291 e. The topological polar surface area (TPSA) is 74.8 Å². The summed E-state index contributed by atoms with van der Waals surface area (Å²) in [5.74, 6) is -1.30. The quantitative estimate of drug-likeness (QED) is 0.891. The Bertz CT molecular complexity index is 781. The summed E-state index contributed by atoms with van der Waals surface area (Å²) in [6, 6.07) is 5.14. The van der Waals surface area contributed by atoms with E-state index in [0.717, 1.165) is 6.07 Å². The van der Waals surface area contributed by atoms with Crippen LogP contribution in [0.1, 0.15) is 37.1 Å². The summed E-state index contributed by atoms with van der Waals surface area (Å²) in [6.45, 7) is 5.66. The Morgan fingerprint density at radius 2 is 2.00 bits per heavy atom. The summed E-state index contributed by atoms with van der Waals surface area (Å²) >= 11 is 5.65. The van der Waals surface area contributed by atoms with Crippen molar-refractivity contribution >= 4 is 23.2 Å². The number of carbonyl (C=O) groups excluding carboxylic acids is 1. The number of H-pyrrole nitrogens is 1. The van der Waals surface area contributed by atoms with E-state index in [4.69, 9.17) is 11.6 Å². The predicted octanol–water partition coefficient (Wildman–Crippen LogP) is 3.11. The molecule has 116 valence electrons. The summed E-state index contributed by atoms with van der Waals surface area (Å²) in [6.07, 6.45) is 0. The molecular formula is C15H15ClFN3O2. The molecule has 2 aromatic rings. The van der Waals surface area contributed by atoms with Gasteiger partial charge in [0.1, 0.15) is 5.82 Å². The summed E-state index contributed by atoms with van der Waals surface area (Å²) in [5, 5.41) is 2.40. The number of aromatic nitrogens is 2. The fourth-order valence-corrected chi connectivity index (χ4v) is 1.89. The van der Waals surface area contributed by atoms with Crippen LogP contribution in [0.15, 0.2) is 29.1 Å². The van der Waals surface area contributed by atoms with E-state index in [-0.39, 0.29) is 16.3 Å². The second-order valence-corrected chi connectivity index (χ2v) is 6.22. The van der Waals surface area contributed by atoms with Gasteiger partial charge < -0.3 is 10.3 Å². The normalized spacial score (nSPS) is 11.3. The molecular weight excluding hydrogens is 309 g/mol. The standard InChI is InChI=1S/C15H15ClFN3O2/c1-15(2,3)11-7-12(21)20-13(19-11)14(22)18-8-4-5-10(17)9(16)6-8/h4-7H,1-3H3,(H,18,22)(H,19,20,21). The zero-order chi connectivity index (χ0) is 16.5. The second-order valence-electron chi connectivity index (χ2n) is 5.81. The van der Waals surface area contributed by atoms with Gasteiger partial charge in [0.25, 0.3) is 11.5 Å². The van der Waals surface area contributed by atoms with Gasteiger partial charge in [0.05, 0.1) is 10.7 Å². The lowest BCUT2D eigenvalue weighted by atomic mass is 9.92. The summed E-state index contributed by atoms with van der Waals surface area (Å²) in [4.78, 5) is 30.4. The van der Waals surface area contributed by atoms with Crippen LogP contribution in [0.2, 0.25) is 5.02 Å². The van der Waals surface area contributed by atoms with Gasteiger partial charge in [-0.15, -0.1) is 0 Å². The largest absolute Gasteiger partial charge is 0.319 e. The molecule has 1 aromatic heterocycles. The summed E-state index contributed by atoms with van der Waals surface area (Å²) in [7, 11) is 0. The lowest BCUT2D eigenvalue weighted by Gasteiger charge is -2.17. The maximum Gasteiger partial charge on any atom is 0.291 e. The van der Waals surface area contributed by atoms with Crippen molar-refractivity contribution in [3.05, 3.63) is 57.0 Å². The van der Waals surface area contributed by atoms with Gasteiger partial charge in [-0.2, -0.15) is 0 Å². The first-order valence-corrected chi connectivity index (χ1v) is 6.93. The second kappa shape index (κ2) is 5.88. The number of benzene rings is 1. The van der Waals surface area contributed by atoms with Crippen LogP contribution in [0.4, 0.5) is 10.1 Å². The zero-order valence-corrected chi connectivity index (χ0v) is 13.1. The molecule has 0 spiro atoms. The number of anilines is 1. The third-order valence-corrected chi connectivity index (χ3v) is 3.19. The minimum atomic E-state index is -0.606. The molecule has 0 aliphatic carbocycles. The van der Waals surface area contributed by atoms with Crippen molar-refractivity contribution in [1.82, 2.24) is 9.97 Å². The lowest BCUT2D eigenvalue weighted by molar-refractivity contribution is 0.101. The predicted molar refractivity (Wildman–Crippen MR) is 82.9 cm³/mol. The van der Waals surface area contributed by atoms with E-state index in [1.165, 1.54) is 18.2 Å². The van der Waals surface area contributed by atoms with Crippen LogP contribution in [0.3, 0.4) is 0 Å². The number of amides is 1. The molecule has 1 heterocycles. The average molecular weight is 324 g/mol. The number of halogens is 2. The Balaban J connectivity index is 2.31. The van der Waals surface area contributed by atoms with Crippen molar-refractivity contribution in [2.45, 2.75) is 26.2 Å². The zero-order valence-electron chi connectivity index (χ0n) is 12.3. The van der Waals surface area contributed by atoms with Crippen LogP contribution < -0.4 is 10.9 Å². The highest BCUT2D eigenvalue weighted by atomic mass is 35.5. The van der Waals surface area contributed by atoms with Crippen molar-refractivity contribution in [3.63, 3.8) is 0 Å². The van der Waals surface area contributed by atoms with Crippen LogP contribution in [0.25, 0.3) is 0 Å². The molecule has 7 heteroatoms.